The Balaban J connectivity index is 1.54. The van der Waals surface area contributed by atoms with Crippen molar-refractivity contribution >= 4 is 66.4 Å². The van der Waals surface area contributed by atoms with Crippen LogP contribution < -0.4 is 5.46 Å². The van der Waals surface area contributed by atoms with E-state index in [2.05, 4.69) is 30.3 Å². The molecule has 7 aromatic carbocycles. The zero-order valence-corrected chi connectivity index (χ0v) is 25.2. The van der Waals surface area contributed by atoms with Gasteiger partial charge in [-0.15, -0.1) is 11.3 Å². The molecular formula is C38H25BO6S. The maximum Gasteiger partial charge on any atom is 0.201 e. The highest BCUT2D eigenvalue weighted by molar-refractivity contribution is 7.27. The first-order valence-electron chi connectivity index (χ1n) is 14.6. The first kappa shape index (κ1) is 27.7. The van der Waals surface area contributed by atoms with Crippen molar-refractivity contribution in [3.8, 4) is 67.9 Å². The molecule has 1 heterocycles. The number of thiophene rings is 1. The lowest BCUT2D eigenvalue weighted by Crippen LogP contribution is -2.03. The quantitative estimate of drug-likeness (QED) is 0.0518. The molecule has 0 fully saturated rings. The molecule has 222 valence electrons. The Morgan fingerprint density at radius 3 is 1.54 bits per heavy atom. The molecule has 0 unspecified atom stereocenters. The number of phenolic OH excluding ortho intramolecular Hbond substituents is 6. The molecule has 0 spiro atoms. The molecule has 0 aliphatic carbocycles. The molecule has 0 amide bonds. The van der Waals surface area contributed by atoms with Crippen molar-refractivity contribution in [2.75, 3.05) is 0 Å². The molecule has 0 bridgehead atoms. The van der Waals surface area contributed by atoms with Gasteiger partial charge in [0.1, 0.15) is 13.6 Å². The summed E-state index contributed by atoms with van der Waals surface area (Å²) in [6.45, 7) is 0. The molecular weight excluding hydrogens is 595 g/mol. The monoisotopic (exact) mass is 620 g/mol. The zero-order chi connectivity index (χ0) is 31.9. The summed E-state index contributed by atoms with van der Waals surface area (Å²) in [5.41, 5.74) is 5.04. The average molecular weight is 620 g/mol. The van der Waals surface area contributed by atoms with Gasteiger partial charge in [-0.2, -0.15) is 0 Å². The summed E-state index contributed by atoms with van der Waals surface area (Å²) in [6, 6.07) is 34.2. The first-order chi connectivity index (χ1) is 22.3. The predicted molar refractivity (Wildman–Crippen MR) is 189 cm³/mol. The second-order valence-electron chi connectivity index (χ2n) is 11.4. The van der Waals surface area contributed by atoms with Crippen LogP contribution in [0.4, 0.5) is 0 Å². The van der Waals surface area contributed by atoms with Gasteiger partial charge in [0, 0.05) is 16.5 Å². The summed E-state index contributed by atoms with van der Waals surface area (Å²) < 4.78 is 0.438. The second-order valence-corrected chi connectivity index (χ2v) is 12.4. The van der Waals surface area contributed by atoms with E-state index in [0.717, 1.165) is 55.1 Å². The summed E-state index contributed by atoms with van der Waals surface area (Å²) in [6.07, 6.45) is 0. The third kappa shape index (κ3) is 3.77. The average Bonchev–Trinajstić information content (AvgIpc) is 3.50. The minimum absolute atomic E-state index is 0.0243. The maximum atomic E-state index is 11.6. The summed E-state index contributed by atoms with van der Waals surface area (Å²) >= 11 is 1.000. The van der Waals surface area contributed by atoms with E-state index in [4.69, 9.17) is 0 Å². The van der Waals surface area contributed by atoms with Gasteiger partial charge >= 0.3 is 0 Å². The van der Waals surface area contributed by atoms with E-state index >= 15 is 0 Å². The van der Waals surface area contributed by atoms with E-state index in [0.29, 0.717) is 10.3 Å². The third-order valence-corrected chi connectivity index (χ3v) is 10.1. The van der Waals surface area contributed by atoms with E-state index in [9.17, 15) is 30.6 Å². The Morgan fingerprint density at radius 1 is 0.391 bits per heavy atom. The fourth-order valence-corrected chi connectivity index (χ4v) is 7.99. The van der Waals surface area contributed by atoms with Crippen LogP contribution in [-0.2, 0) is 0 Å². The van der Waals surface area contributed by atoms with Gasteiger partial charge in [-0.1, -0.05) is 97.1 Å². The van der Waals surface area contributed by atoms with Crippen LogP contribution in [0.2, 0.25) is 0 Å². The summed E-state index contributed by atoms with van der Waals surface area (Å²) in [7, 11) is 1.44. The molecule has 0 aliphatic rings. The number of benzene rings is 7. The highest BCUT2D eigenvalue weighted by Crippen LogP contribution is 2.59. The van der Waals surface area contributed by atoms with E-state index in [1.807, 2.05) is 72.8 Å². The van der Waals surface area contributed by atoms with Crippen molar-refractivity contribution < 1.29 is 30.6 Å². The number of hydrogen-bond acceptors (Lipinski definition) is 7. The molecule has 1 aromatic heterocycles. The van der Waals surface area contributed by atoms with Crippen molar-refractivity contribution in [3.05, 3.63) is 103 Å². The van der Waals surface area contributed by atoms with Gasteiger partial charge < -0.3 is 30.6 Å². The Morgan fingerprint density at radius 2 is 0.913 bits per heavy atom. The fourth-order valence-electron chi connectivity index (χ4n) is 6.69. The van der Waals surface area contributed by atoms with Gasteiger partial charge in [0.2, 0.25) is 5.75 Å². The molecule has 6 N–H and O–H groups in total. The van der Waals surface area contributed by atoms with Crippen molar-refractivity contribution in [2.45, 2.75) is 0 Å². The summed E-state index contributed by atoms with van der Waals surface area (Å²) in [4.78, 5) is 0. The normalized spacial score (nSPS) is 11.7. The van der Waals surface area contributed by atoms with Crippen LogP contribution in [0.5, 0.6) is 34.5 Å². The molecule has 0 aliphatic heterocycles. The van der Waals surface area contributed by atoms with E-state index in [-0.39, 0.29) is 32.2 Å². The van der Waals surface area contributed by atoms with Crippen molar-refractivity contribution in [1.82, 2.24) is 0 Å². The molecule has 8 heteroatoms. The fraction of sp³-hybridized carbons (Fsp3) is 0. The number of hydrogen-bond donors (Lipinski definition) is 6. The van der Waals surface area contributed by atoms with Gasteiger partial charge in [0.05, 0.1) is 14.8 Å². The minimum Gasteiger partial charge on any atom is -0.508 e. The summed E-state index contributed by atoms with van der Waals surface area (Å²) in [5.74, 6) is -3.20. The molecule has 0 saturated heterocycles. The Kier molecular flexibility index (Phi) is 6.07. The van der Waals surface area contributed by atoms with Crippen LogP contribution in [-0.4, -0.2) is 38.5 Å². The van der Waals surface area contributed by atoms with Crippen LogP contribution >= 0.6 is 11.3 Å². The number of aromatic hydroxyl groups is 6. The molecule has 46 heavy (non-hydrogen) atoms. The van der Waals surface area contributed by atoms with Crippen LogP contribution in [0.25, 0.3) is 75.1 Å². The number of phenols is 6. The second kappa shape index (κ2) is 10.1. The number of fused-ring (bicyclic) bond motifs is 5. The Bertz CT molecular complexity index is 2500. The van der Waals surface area contributed by atoms with Crippen LogP contribution in [0, 0.1) is 0 Å². The molecule has 6 nitrogen and oxygen atoms in total. The topological polar surface area (TPSA) is 121 Å². The molecule has 8 rings (SSSR count). The van der Waals surface area contributed by atoms with Crippen molar-refractivity contribution in [3.63, 3.8) is 0 Å². The SMILES string of the molecule is Bc1c(O)c(O)c2sc3c(-c4c5ccccc5c(-c5cccc(-c6ccccc6)c5)c5ccccc45)c(O)c(O)c(O)c3c2c1O. The van der Waals surface area contributed by atoms with Gasteiger partial charge in [-0.3, -0.25) is 0 Å². The van der Waals surface area contributed by atoms with Gasteiger partial charge in [-0.05, 0) is 55.3 Å². The van der Waals surface area contributed by atoms with Gasteiger partial charge in [0.25, 0.3) is 0 Å². The largest absolute Gasteiger partial charge is 0.508 e. The zero-order valence-electron chi connectivity index (χ0n) is 24.4. The Labute approximate surface area is 267 Å². The van der Waals surface area contributed by atoms with E-state index < -0.39 is 28.7 Å². The Hall–Kier alpha value is -5.86. The van der Waals surface area contributed by atoms with Crippen molar-refractivity contribution in [1.29, 1.82) is 0 Å². The highest BCUT2D eigenvalue weighted by atomic mass is 32.1. The maximum absolute atomic E-state index is 11.6. The summed E-state index contributed by atoms with van der Waals surface area (Å²) in [5, 5.41) is 69.9. The standard InChI is InChI=1S/C38H25BO6S/c39-30-31(40)28-29-33(42)35(44)32(41)27(37(29)46-38(28)36(45)34(30)43)26-23-15-6-4-13-21(23)25(22-14-5-7-16-24(22)26)20-12-8-11-19(17-20)18-9-2-1-3-10-18/h1-17,40-45H,39H2. The van der Waals surface area contributed by atoms with Crippen LogP contribution in [0.15, 0.2) is 103 Å². The molecule has 0 atom stereocenters. The lowest BCUT2D eigenvalue weighted by Gasteiger charge is -2.20. The van der Waals surface area contributed by atoms with Gasteiger partial charge in [-0.25, -0.2) is 0 Å². The molecule has 8 aromatic rings. The lowest BCUT2D eigenvalue weighted by molar-refractivity contribution is 0.372. The van der Waals surface area contributed by atoms with Crippen LogP contribution in [0.3, 0.4) is 0 Å². The third-order valence-electron chi connectivity index (χ3n) is 8.88. The minimum atomic E-state index is -0.750. The lowest BCUT2D eigenvalue weighted by atomic mass is 9.84. The molecule has 0 radical (unpaired) electrons. The first-order valence-corrected chi connectivity index (χ1v) is 15.5. The van der Waals surface area contributed by atoms with Crippen molar-refractivity contribution in [2.24, 2.45) is 0 Å². The smallest absolute Gasteiger partial charge is 0.201 e. The van der Waals surface area contributed by atoms with E-state index in [1.54, 1.807) is 0 Å². The number of rotatable bonds is 3. The van der Waals surface area contributed by atoms with E-state index in [1.165, 1.54) is 7.85 Å². The highest BCUT2D eigenvalue weighted by Gasteiger charge is 2.30. The predicted octanol–water partition coefficient (Wildman–Crippen LogP) is 7.85. The van der Waals surface area contributed by atoms with Gasteiger partial charge in [0.15, 0.2) is 23.0 Å². The van der Waals surface area contributed by atoms with Crippen LogP contribution in [0.1, 0.15) is 0 Å². The molecule has 0 saturated carbocycles.